The van der Waals surface area contributed by atoms with Crippen LogP contribution in [-0.2, 0) is 18.7 Å². The maximum Gasteiger partial charge on any atom is 0.191 e. The van der Waals surface area contributed by atoms with E-state index in [0.717, 1.165) is 31.7 Å². The summed E-state index contributed by atoms with van der Waals surface area (Å²) in [4.78, 5) is 7.10. The highest BCUT2D eigenvalue weighted by atomic mass is 127. The molecule has 1 unspecified atom stereocenters. The number of hydrogen-bond acceptors (Lipinski definition) is 4. The fraction of sp³-hybridized carbons (Fsp3) is 0.500. The van der Waals surface area contributed by atoms with Crippen molar-refractivity contribution < 1.29 is 5.11 Å². The highest BCUT2D eigenvalue weighted by Crippen LogP contribution is 2.22. The second kappa shape index (κ2) is 13.2. The maximum atomic E-state index is 10.7. The molecule has 7 heteroatoms. The number of nitrogens with zero attached hydrogens (tertiary/aromatic N) is 2. The van der Waals surface area contributed by atoms with Crippen LogP contribution in [0.15, 0.2) is 46.1 Å². The van der Waals surface area contributed by atoms with E-state index >= 15 is 0 Å². The second-order valence-electron chi connectivity index (χ2n) is 7.12. The largest absolute Gasteiger partial charge is 0.384 e. The Labute approximate surface area is 196 Å². The summed E-state index contributed by atoms with van der Waals surface area (Å²) in [6, 6.07) is 10.6. The molecule has 29 heavy (non-hydrogen) atoms. The monoisotopic (exact) mass is 530 g/mol. The van der Waals surface area contributed by atoms with Crippen molar-refractivity contribution in [2.75, 3.05) is 26.2 Å². The first-order chi connectivity index (χ1) is 13.5. The topological polar surface area (TPSA) is 59.9 Å². The van der Waals surface area contributed by atoms with Crippen LogP contribution in [0.3, 0.4) is 0 Å². The Bertz CT molecular complexity index is 730. The lowest BCUT2D eigenvalue weighted by Gasteiger charge is -2.24. The molecule has 0 saturated carbocycles. The Hall–Kier alpha value is -1.16. The van der Waals surface area contributed by atoms with Crippen LogP contribution in [0.2, 0.25) is 0 Å². The van der Waals surface area contributed by atoms with E-state index in [1.54, 1.807) is 11.3 Å². The minimum absolute atomic E-state index is 0. The van der Waals surface area contributed by atoms with Crippen molar-refractivity contribution in [2.45, 2.75) is 46.4 Å². The second-order valence-corrected chi connectivity index (χ2v) is 7.90. The summed E-state index contributed by atoms with van der Waals surface area (Å²) in [5, 5.41) is 21.2. The lowest BCUT2D eigenvalue weighted by Crippen LogP contribution is -2.44. The van der Waals surface area contributed by atoms with Crippen LogP contribution < -0.4 is 10.6 Å². The van der Waals surface area contributed by atoms with Crippen LogP contribution in [0.25, 0.3) is 0 Å². The number of hydrogen-bond donors (Lipinski definition) is 3. The van der Waals surface area contributed by atoms with Gasteiger partial charge in [0.2, 0.25) is 0 Å². The molecule has 162 valence electrons. The Morgan fingerprint density at radius 2 is 1.86 bits per heavy atom. The minimum Gasteiger partial charge on any atom is -0.384 e. The number of nitrogens with one attached hydrogen (secondary N) is 2. The lowest BCUT2D eigenvalue weighted by atomic mass is 9.99. The molecular formula is C22H35IN4OS. The van der Waals surface area contributed by atoms with Gasteiger partial charge in [-0.05, 0) is 60.5 Å². The average molecular weight is 531 g/mol. The van der Waals surface area contributed by atoms with E-state index in [4.69, 9.17) is 4.99 Å². The van der Waals surface area contributed by atoms with Crippen LogP contribution in [0.1, 0.15) is 44.4 Å². The number of rotatable bonds is 10. The van der Waals surface area contributed by atoms with E-state index in [9.17, 15) is 5.11 Å². The zero-order chi connectivity index (χ0) is 20.4. The Morgan fingerprint density at radius 3 is 2.48 bits per heavy atom. The van der Waals surface area contributed by atoms with Crippen LogP contribution in [0.4, 0.5) is 0 Å². The van der Waals surface area contributed by atoms with Gasteiger partial charge >= 0.3 is 0 Å². The molecule has 0 amide bonds. The van der Waals surface area contributed by atoms with Crippen molar-refractivity contribution in [2.24, 2.45) is 4.99 Å². The van der Waals surface area contributed by atoms with Gasteiger partial charge < -0.3 is 15.7 Å². The summed E-state index contributed by atoms with van der Waals surface area (Å²) in [5.41, 5.74) is 2.49. The van der Waals surface area contributed by atoms with E-state index in [-0.39, 0.29) is 24.0 Å². The van der Waals surface area contributed by atoms with Gasteiger partial charge in [0.05, 0.1) is 13.1 Å². The molecule has 3 N–H and O–H groups in total. The molecule has 1 heterocycles. The van der Waals surface area contributed by atoms with Gasteiger partial charge in [0, 0.05) is 13.1 Å². The van der Waals surface area contributed by atoms with Gasteiger partial charge in [0.25, 0.3) is 0 Å². The highest BCUT2D eigenvalue weighted by Gasteiger charge is 2.23. The minimum atomic E-state index is -0.931. The summed E-state index contributed by atoms with van der Waals surface area (Å²) in [6.07, 6.45) is 0. The molecule has 2 aromatic rings. The molecule has 1 aromatic carbocycles. The molecule has 0 aliphatic heterocycles. The number of halogens is 1. The van der Waals surface area contributed by atoms with E-state index in [1.807, 2.05) is 30.7 Å². The maximum absolute atomic E-state index is 10.7. The Morgan fingerprint density at radius 1 is 1.14 bits per heavy atom. The van der Waals surface area contributed by atoms with Gasteiger partial charge in [0.1, 0.15) is 5.60 Å². The molecule has 0 bridgehead atoms. The summed E-state index contributed by atoms with van der Waals surface area (Å²) < 4.78 is 0. The van der Waals surface area contributed by atoms with Gasteiger partial charge in [-0.3, -0.25) is 4.90 Å². The first-order valence-electron chi connectivity index (χ1n) is 10.1. The first-order valence-corrected chi connectivity index (χ1v) is 11.0. The molecule has 0 spiro atoms. The molecule has 0 aliphatic rings. The number of guanidine groups is 1. The lowest BCUT2D eigenvalue weighted by molar-refractivity contribution is 0.0621. The molecule has 0 fully saturated rings. The zero-order valence-electron chi connectivity index (χ0n) is 17.9. The average Bonchev–Trinajstić information content (AvgIpc) is 3.24. The Kier molecular flexibility index (Phi) is 11.8. The SMILES string of the molecule is CCNC(=NCc1cccc(CN(CC)CC)c1)NCC(C)(O)c1ccsc1.I. The Balaban J connectivity index is 0.00000420. The molecule has 1 aromatic heterocycles. The van der Waals surface area contributed by atoms with Crippen LogP contribution in [-0.4, -0.2) is 42.1 Å². The van der Waals surface area contributed by atoms with Gasteiger partial charge in [0.15, 0.2) is 5.96 Å². The van der Waals surface area contributed by atoms with Crippen molar-refractivity contribution in [1.82, 2.24) is 15.5 Å². The zero-order valence-corrected chi connectivity index (χ0v) is 21.1. The first kappa shape index (κ1) is 25.9. The fourth-order valence-electron chi connectivity index (χ4n) is 2.97. The van der Waals surface area contributed by atoms with Crippen molar-refractivity contribution >= 4 is 41.3 Å². The van der Waals surface area contributed by atoms with Gasteiger partial charge in [-0.15, -0.1) is 24.0 Å². The molecular weight excluding hydrogens is 495 g/mol. The standard InChI is InChI=1S/C22H34N4OS.HI/c1-5-23-21(25-17-22(4,27)20-11-12-28-16-20)24-14-18-9-8-10-19(13-18)15-26(6-2)7-3;/h8-13,16,27H,5-7,14-15,17H2,1-4H3,(H2,23,24,25);1H. The number of thiophene rings is 1. The molecule has 1 atom stereocenters. The van der Waals surface area contributed by atoms with Gasteiger partial charge in [-0.1, -0.05) is 38.1 Å². The smallest absolute Gasteiger partial charge is 0.191 e. The molecule has 0 radical (unpaired) electrons. The number of benzene rings is 1. The van der Waals surface area contributed by atoms with E-state index in [1.165, 1.54) is 11.1 Å². The van der Waals surface area contributed by atoms with E-state index in [2.05, 4.69) is 53.6 Å². The molecule has 0 aliphatic carbocycles. The van der Waals surface area contributed by atoms with Crippen molar-refractivity contribution in [3.05, 3.63) is 57.8 Å². The molecule has 0 saturated heterocycles. The fourth-order valence-corrected chi connectivity index (χ4v) is 3.76. The number of aliphatic hydroxyl groups is 1. The summed E-state index contributed by atoms with van der Waals surface area (Å²) >= 11 is 1.59. The van der Waals surface area contributed by atoms with Crippen LogP contribution in [0.5, 0.6) is 0 Å². The third-order valence-electron chi connectivity index (χ3n) is 4.80. The van der Waals surface area contributed by atoms with E-state index < -0.39 is 5.60 Å². The third-order valence-corrected chi connectivity index (χ3v) is 5.48. The predicted octanol–water partition coefficient (Wildman–Crippen LogP) is 4.17. The summed E-state index contributed by atoms with van der Waals surface area (Å²) in [5.74, 6) is 0.715. The van der Waals surface area contributed by atoms with Gasteiger partial charge in [-0.2, -0.15) is 11.3 Å². The third kappa shape index (κ3) is 8.62. The van der Waals surface area contributed by atoms with Crippen molar-refractivity contribution in [3.63, 3.8) is 0 Å². The summed E-state index contributed by atoms with van der Waals surface area (Å²) in [7, 11) is 0. The van der Waals surface area contributed by atoms with E-state index in [0.29, 0.717) is 19.0 Å². The predicted molar refractivity (Wildman–Crippen MR) is 135 cm³/mol. The van der Waals surface area contributed by atoms with Crippen LogP contribution >= 0.6 is 35.3 Å². The highest BCUT2D eigenvalue weighted by molar-refractivity contribution is 14.0. The van der Waals surface area contributed by atoms with Crippen molar-refractivity contribution in [3.8, 4) is 0 Å². The van der Waals surface area contributed by atoms with Crippen LogP contribution in [0, 0.1) is 0 Å². The quantitative estimate of drug-likeness (QED) is 0.245. The van der Waals surface area contributed by atoms with Crippen molar-refractivity contribution in [1.29, 1.82) is 0 Å². The van der Waals surface area contributed by atoms with Gasteiger partial charge in [-0.25, -0.2) is 4.99 Å². The molecule has 2 rings (SSSR count). The summed E-state index contributed by atoms with van der Waals surface area (Å²) in [6.45, 7) is 13.1. The molecule has 5 nitrogen and oxygen atoms in total. The number of aliphatic imine (C=N–C) groups is 1. The normalized spacial score (nSPS) is 13.7.